The molecular weight excluding hydrogens is 386 g/mol. The van der Waals surface area contributed by atoms with Gasteiger partial charge in [0.25, 0.3) is 11.7 Å². The first kappa shape index (κ1) is 18.9. The second-order valence-corrected chi connectivity index (χ2v) is 7.25. The van der Waals surface area contributed by atoms with Crippen molar-refractivity contribution in [2.45, 2.75) is 23.3 Å². The number of aryl methyl sites for hydroxylation is 1. The van der Waals surface area contributed by atoms with Crippen molar-refractivity contribution in [3.05, 3.63) is 72.2 Å². The zero-order valence-corrected chi connectivity index (χ0v) is 16.8. The second kappa shape index (κ2) is 8.32. The molecule has 0 radical (unpaired) electrons. The Morgan fingerprint density at radius 1 is 1.17 bits per heavy atom. The molecule has 0 fully saturated rings. The molecule has 0 bridgehead atoms. The van der Waals surface area contributed by atoms with Gasteiger partial charge in [-0.3, -0.25) is 4.79 Å². The molecule has 1 amide bonds. The van der Waals surface area contributed by atoms with Crippen LogP contribution < -0.4 is 10.1 Å². The van der Waals surface area contributed by atoms with E-state index in [1.807, 2.05) is 37.3 Å². The molecule has 0 saturated heterocycles. The number of amides is 1. The van der Waals surface area contributed by atoms with Crippen molar-refractivity contribution in [3.8, 4) is 5.75 Å². The number of hydrogen-bond acceptors (Lipinski definition) is 6. The SMILES string of the molecule is CCc1cc(Sc2ccccc2NC(=O)c2ccc(OC)cc2)n2ncnc2n1. The molecule has 2 aromatic carbocycles. The molecule has 4 rings (SSSR count). The van der Waals surface area contributed by atoms with Crippen LogP contribution in [0.4, 0.5) is 5.69 Å². The topological polar surface area (TPSA) is 81.4 Å². The summed E-state index contributed by atoms with van der Waals surface area (Å²) in [5, 5.41) is 8.15. The Hall–Kier alpha value is -3.39. The van der Waals surface area contributed by atoms with Gasteiger partial charge in [-0.05, 0) is 48.9 Å². The summed E-state index contributed by atoms with van der Waals surface area (Å²) in [6.07, 6.45) is 2.29. The van der Waals surface area contributed by atoms with Crippen LogP contribution in [-0.4, -0.2) is 32.6 Å². The number of para-hydroxylation sites is 1. The Morgan fingerprint density at radius 2 is 1.97 bits per heavy atom. The van der Waals surface area contributed by atoms with Gasteiger partial charge in [-0.15, -0.1) is 0 Å². The normalized spacial score (nSPS) is 10.8. The van der Waals surface area contributed by atoms with Crippen molar-refractivity contribution in [2.24, 2.45) is 0 Å². The fourth-order valence-corrected chi connectivity index (χ4v) is 3.80. The van der Waals surface area contributed by atoms with Crippen LogP contribution in [0.5, 0.6) is 5.75 Å². The number of nitrogens with one attached hydrogen (secondary N) is 1. The number of carbonyl (C=O) groups is 1. The van der Waals surface area contributed by atoms with Crippen LogP contribution in [0.15, 0.2) is 70.8 Å². The second-order valence-electron chi connectivity index (χ2n) is 6.19. The van der Waals surface area contributed by atoms with E-state index in [2.05, 4.69) is 20.4 Å². The summed E-state index contributed by atoms with van der Waals surface area (Å²) in [6.45, 7) is 2.05. The quantitative estimate of drug-likeness (QED) is 0.487. The number of aromatic nitrogens is 4. The number of fused-ring (bicyclic) bond motifs is 1. The largest absolute Gasteiger partial charge is 0.497 e. The number of benzene rings is 2. The molecule has 0 unspecified atom stereocenters. The molecular formula is C21H19N5O2S. The molecule has 1 N–H and O–H groups in total. The summed E-state index contributed by atoms with van der Waals surface area (Å²) in [4.78, 5) is 22.3. The third-order valence-electron chi connectivity index (χ3n) is 4.34. The first-order chi connectivity index (χ1) is 14.2. The monoisotopic (exact) mass is 405 g/mol. The summed E-state index contributed by atoms with van der Waals surface area (Å²) in [5.41, 5.74) is 2.22. The van der Waals surface area contributed by atoms with Crippen molar-refractivity contribution >= 4 is 29.1 Å². The van der Waals surface area contributed by atoms with Crippen molar-refractivity contribution in [3.63, 3.8) is 0 Å². The lowest BCUT2D eigenvalue weighted by Gasteiger charge is -2.12. The highest BCUT2D eigenvalue weighted by molar-refractivity contribution is 7.99. The molecule has 8 heteroatoms. The van der Waals surface area contributed by atoms with Crippen LogP contribution in [0.1, 0.15) is 23.0 Å². The first-order valence-corrected chi connectivity index (χ1v) is 9.91. The van der Waals surface area contributed by atoms with Crippen LogP contribution in [-0.2, 0) is 6.42 Å². The predicted molar refractivity (Wildman–Crippen MR) is 112 cm³/mol. The maximum atomic E-state index is 12.7. The number of rotatable bonds is 6. The minimum atomic E-state index is -0.185. The zero-order valence-electron chi connectivity index (χ0n) is 16.0. The standard InChI is InChI=1S/C21H19N5O2S/c1-3-15-12-19(26-21(24-15)22-13-23-26)29-18-7-5-4-6-17(18)25-20(27)14-8-10-16(28-2)11-9-14/h4-13H,3H2,1-2H3,(H,25,27). The first-order valence-electron chi connectivity index (χ1n) is 9.10. The molecule has 4 aromatic rings. The number of carbonyl (C=O) groups excluding carboxylic acids is 1. The minimum absolute atomic E-state index is 0.185. The molecule has 29 heavy (non-hydrogen) atoms. The number of methoxy groups -OCH3 is 1. The van der Waals surface area contributed by atoms with Gasteiger partial charge in [-0.1, -0.05) is 30.8 Å². The lowest BCUT2D eigenvalue weighted by molar-refractivity contribution is 0.102. The summed E-state index contributed by atoms with van der Waals surface area (Å²) >= 11 is 1.51. The highest BCUT2D eigenvalue weighted by atomic mass is 32.2. The summed E-state index contributed by atoms with van der Waals surface area (Å²) in [6, 6.07) is 16.7. The highest BCUT2D eigenvalue weighted by Gasteiger charge is 2.13. The Morgan fingerprint density at radius 3 is 2.72 bits per heavy atom. The van der Waals surface area contributed by atoms with E-state index in [1.54, 1.807) is 35.9 Å². The van der Waals surface area contributed by atoms with Crippen molar-refractivity contribution in [2.75, 3.05) is 12.4 Å². The molecule has 0 aliphatic heterocycles. The van der Waals surface area contributed by atoms with Crippen molar-refractivity contribution in [1.29, 1.82) is 0 Å². The van der Waals surface area contributed by atoms with Gasteiger partial charge in [0.2, 0.25) is 0 Å². The summed E-state index contributed by atoms with van der Waals surface area (Å²) < 4.78 is 6.85. The Labute approximate surface area is 172 Å². The van der Waals surface area contributed by atoms with Gasteiger partial charge in [0.1, 0.15) is 17.1 Å². The van der Waals surface area contributed by atoms with E-state index in [4.69, 9.17) is 4.74 Å². The summed E-state index contributed by atoms with van der Waals surface area (Å²) in [7, 11) is 1.59. The van der Waals surface area contributed by atoms with Crippen LogP contribution in [0.2, 0.25) is 0 Å². The lowest BCUT2D eigenvalue weighted by Crippen LogP contribution is -2.12. The molecule has 0 atom stereocenters. The van der Waals surface area contributed by atoms with Crippen LogP contribution in [0.3, 0.4) is 0 Å². The molecule has 2 aromatic heterocycles. The Kier molecular flexibility index (Phi) is 5.44. The summed E-state index contributed by atoms with van der Waals surface area (Å²) in [5.74, 6) is 1.08. The fourth-order valence-electron chi connectivity index (χ4n) is 2.79. The third-order valence-corrected chi connectivity index (χ3v) is 5.41. The fraction of sp³-hybridized carbons (Fsp3) is 0.143. The predicted octanol–water partition coefficient (Wildman–Crippen LogP) is 4.10. The number of hydrogen-bond donors (Lipinski definition) is 1. The van der Waals surface area contributed by atoms with Crippen LogP contribution in [0.25, 0.3) is 5.78 Å². The number of anilines is 1. The van der Waals surface area contributed by atoms with Gasteiger partial charge in [0.15, 0.2) is 0 Å². The Balaban J connectivity index is 1.62. The third kappa shape index (κ3) is 4.07. The Bertz CT molecular complexity index is 1160. The number of ether oxygens (including phenoxy) is 1. The molecule has 146 valence electrons. The molecule has 0 spiro atoms. The van der Waals surface area contributed by atoms with E-state index in [9.17, 15) is 4.79 Å². The van der Waals surface area contributed by atoms with E-state index in [1.165, 1.54) is 18.1 Å². The van der Waals surface area contributed by atoms with Gasteiger partial charge in [-0.2, -0.15) is 14.6 Å². The molecule has 0 aliphatic rings. The molecule has 0 saturated carbocycles. The van der Waals surface area contributed by atoms with E-state index >= 15 is 0 Å². The van der Waals surface area contributed by atoms with Crippen molar-refractivity contribution in [1.82, 2.24) is 19.6 Å². The van der Waals surface area contributed by atoms with Gasteiger partial charge >= 0.3 is 0 Å². The minimum Gasteiger partial charge on any atom is -0.497 e. The lowest BCUT2D eigenvalue weighted by atomic mass is 10.2. The number of nitrogens with zero attached hydrogens (tertiary/aromatic N) is 4. The smallest absolute Gasteiger partial charge is 0.255 e. The van der Waals surface area contributed by atoms with Crippen molar-refractivity contribution < 1.29 is 9.53 Å². The maximum Gasteiger partial charge on any atom is 0.255 e. The van der Waals surface area contributed by atoms with E-state index in [-0.39, 0.29) is 5.91 Å². The van der Waals surface area contributed by atoms with E-state index in [0.29, 0.717) is 17.1 Å². The van der Waals surface area contributed by atoms with Gasteiger partial charge in [0.05, 0.1) is 12.8 Å². The maximum absolute atomic E-state index is 12.7. The van der Waals surface area contributed by atoms with Crippen LogP contribution >= 0.6 is 11.8 Å². The van der Waals surface area contributed by atoms with Gasteiger partial charge in [0, 0.05) is 16.2 Å². The average Bonchev–Trinajstić information content (AvgIpc) is 3.24. The van der Waals surface area contributed by atoms with E-state index < -0.39 is 0 Å². The van der Waals surface area contributed by atoms with Gasteiger partial charge in [-0.25, -0.2) is 4.98 Å². The average molecular weight is 405 g/mol. The van der Waals surface area contributed by atoms with Gasteiger partial charge < -0.3 is 10.1 Å². The van der Waals surface area contributed by atoms with Crippen LogP contribution in [0, 0.1) is 0 Å². The molecule has 2 heterocycles. The molecule has 0 aliphatic carbocycles. The highest BCUT2D eigenvalue weighted by Crippen LogP contribution is 2.34. The zero-order chi connectivity index (χ0) is 20.2. The molecule has 7 nitrogen and oxygen atoms in total. The van der Waals surface area contributed by atoms with E-state index in [0.717, 1.165) is 27.7 Å².